The number of hydrogen-bond acceptors (Lipinski definition) is 6. The van der Waals surface area contributed by atoms with Crippen LogP contribution in [0.1, 0.15) is 21.5 Å². The minimum absolute atomic E-state index is 0.306. The van der Waals surface area contributed by atoms with E-state index in [9.17, 15) is 14.4 Å². The molecule has 0 heterocycles. The fourth-order valence-electron chi connectivity index (χ4n) is 2.33. The zero-order valence-electron chi connectivity index (χ0n) is 15.9. The molecule has 0 bridgehead atoms. The van der Waals surface area contributed by atoms with E-state index >= 15 is 0 Å². The lowest BCUT2D eigenvalue weighted by Gasteiger charge is -2.10. The molecule has 2 aromatic rings. The van der Waals surface area contributed by atoms with Gasteiger partial charge in [0.2, 0.25) is 0 Å². The highest BCUT2D eigenvalue weighted by Crippen LogP contribution is 2.19. The van der Waals surface area contributed by atoms with Gasteiger partial charge in [-0.05, 0) is 36.8 Å². The van der Waals surface area contributed by atoms with Crippen LogP contribution in [0.5, 0.6) is 5.75 Å². The Kier molecular flexibility index (Phi) is 7.33. The van der Waals surface area contributed by atoms with Gasteiger partial charge in [0.15, 0.2) is 6.61 Å². The molecule has 146 valence electrons. The smallest absolute Gasteiger partial charge is 0.337 e. The van der Waals surface area contributed by atoms with Crippen molar-refractivity contribution >= 4 is 29.6 Å². The molecule has 28 heavy (non-hydrogen) atoms. The van der Waals surface area contributed by atoms with E-state index in [0.717, 1.165) is 5.56 Å². The fourth-order valence-corrected chi connectivity index (χ4v) is 2.33. The van der Waals surface area contributed by atoms with E-state index in [1.165, 1.54) is 26.4 Å². The molecule has 0 saturated heterocycles. The molecule has 0 atom stereocenters. The van der Waals surface area contributed by atoms with Crippen LogP contribution >= 0.6 is 0 Å². The van der Waals surface area contributed by atoms with Crippen molar-refractivity contribution in [3.63, 3.8) is 0 Å². The normalized spacial score (nSPS) is 10.4. The van der Waals surface area contributed by atoms with Crippen LogP contribution in [0.15, 0.2) is 48.5 Å². The summed E-state index contributed by atoms with van der Waals surface area (Å²) in [5, 5.41) is 2.61. The molecule has 0 spiro atoms. The SMILES string of the molecule is COC(=O)c1ccc(C)c(NC(=O)COC(=O)/C=C/c2ccccc2OC)c1. The first-order valence-electron chi connectivity index (χ1n) is 8.41. The van der Waals surface area contributed by atoms with Crippen molar-refractivity contribution in [2.24, 2.45) is 0 Å². The van der Waals surface area contributed by atoms with Crippen LogP contribution in [-0.4, -0.2) is 38.7 Å². The quantitative estimate of drug-likeness (QED) is 0.584. The molecule has 0 aliphatic rings. The third-order valence-electron chi connectivity index (χ3n) is 3.82. The van der Waals surface area contributed by atoms with E-state index in [-0.39, 0.29) is 0 Å². The van der Waals surface area contributed by atoms with Crippen molar-refractivity contribution in [2.45, 2.75) is 6.92 Å². The molecule has 1 amide bonds. The number of amides is 1. The van der Waals surface area contributed by atoms with Gasteiger partial charge in [-0.25, -0.2) is 9.59 Å². The molecule has 0 saturated carbocycles. The number of rotatable bonds is 7. The van der Waals surface area contributed by atoms with E-state index in [1.807, 2.05) is 12.1 Å². The molecule has 7 nitrogen and oxygen atoms in total. The van der Waals surface area contributed by atoms with Gasteiger partial charge in [-0.3, -0.25) is 4.79 Å². The van der Waals surface area contributed by atoms with Crippen molar-refractivity contribution in [1.29, 1.82) is 0 Å². The predicted molar refractivity (Wildman–Crippen MR) is 104 cm³/mol. The standard InChI is InChI=1S/C21H21NO6/c1-14-8-9-16(21(25)27-3)12-17(14)22-19(23)13-28-20(24)11-10-15-6-4-5-7-18(15)26-2/h4-12H,13H2,1-3H3,(H,22,23)/b11-10+. The van der Waals surface area contributed by atoms with Gasteiger partial charge in [-0.15, -0.1) is 0 Å². The maximum absolute atomic E-state index is 12.0. The third-order valence-corrected chi connectivity index (χ3v) is 3.82. The summed E-state index contributed by atoms with van der Waals surface area (Å²) in [5.41, 5.74) is 2.21. The fraction of sp³-hybridized carbons (Fsp3) is 0.190. The van der Waals surface area contributed by atoms with Crippen molar-refractivity contribution in [1.82, 2.24) is 0 Å². The average molecular weight is 383 g/mol. The molecule has 7 heteroatoms. The van der Waals surface area contributed by atoms with Crippen LogP contribution in [-0.2, 0) is 19.1 Å². The minimum Gasteiger partial charge on any atom is -0.496 e. The summed E-state index contributed by atoms with van der Waals surface area (Å²) in [6.45, 7) is 1.32. The summed E-state index contributed by atoms with van der Waals surface area (Å²) in [6, 6.07) is 12.0. The van der Waals surface area contributed by atoms with Gasteiger partial charge in [-0.1, -0.05) is 24.3 Å². The monoisotopic (exact) mass is 383 g/mol. The number of hydrogen-bond donors (Lipinski definition) is 1. The largest absolute Gasteiger partial charge is 0.496 e. The molecule has 0 aliphatic carbocycles. The van der Waals surface area contributed by atoms with Crippen LogP contribution in [0.4, 0.5) is 5.69 Å². The van der Waals surface area contributed by atoms with Crippen LogP contribution in [0.2, 0.25) is 0 Å². The Bertz CT molecular complexity index is 904. The summed E-state index contributed by atoms with van der Waals surface area (Å²) < 4.78 is 14.8. The molecular formula is C21H21NO6. The van der Waals surface area contributed by atoms with Crippen LogP contribution in [0.3, 0.4) is 0 Å². The lowest BCUT2D eigenvalue weighted by Crippen LogP contribution is -2.21. The van der Waals surface area contributed by atoms with E-state index in [0.29, 0.717) is 22.6 Å². The van der Waals surface area contributed by atoms with Crippen molar-refractivity contribution < 1.29 is 28.6 Å². The maximum atomic E-state index is 12.0. The summed E-state index contributed by atoms with van der Waals surface area (Å²) in [5.74, 6) is -1.08. The Hall–Kier alpha value is -3.61. The molecule has 0 unspecified atom stereocenters. The van der Waals surface area contributed by atoms with Crippen molar-refractivity contribution in [2.75, 3.05) is 26.1 Å². The number of anilines is 1. The second-order valence-corrected chi connectivity index (χ2v) is 5.75. The van der Waals surface area contributed by atoms with Gasteiger partial charge in [0.25, 0.3) is 5.91 Å². The van der Waals surface area contributed by atoms with Gasteiger partial charge in [0, 0.05) is 17.3 Å². The molecular weight excluding hydrogens is 362 g/mol. The zero-order chi connectivity index (χ0) is 20.5. The minimum atomic E-state index is -0.666. The predicted octanol–water partition coefficient (Wildman–Crippen LogP) is 2.99. The molecule has 0 aliphatic heterocycles. The summed E-state index contributed by atoms with van der Waals surface area (Å²) >= 11 is 0. The number of para-hydroxylation sites is 1. The van der Waals surface area contributed by atoms with Crippen LogP contribution in [0, 0.1) is 6.92 Å². The van der Waals surface area contributed by atoms with Crippen molar-refractivity contribution in [3.8, 4) is 5.75 Å². The van der Waals surface area contributed by atoms with E-state index in [1.54, 1.807) is 37.3 Å². The lowest BCUT2D eigenvalue weighted by atomic mass is 10.1. The molecule has 0 aromatic heterocycles. The Morgan fingerprint density at radius 3 is 2.54 bits per heavy atom. The Balaban J connectivity index is 1.93. The first kappa shape index (κ1) is 20.7. The number of benzene rings is 2. The number of ether oxygens (including phenoxy) is 3. The average Bonchev–Trinajstić information content (AvgIpc) is 2.71. The van der Waals surface area contributed by atoms with Gasteiger partial charge < -0.3 is 19.5 Å². The highest BCUT2D eigenvalue weighted by Gasteiger charge is 2.11. The van der Waals surface area contributed by atoms with Gasteiger partial charge in [0.1, 0.15) is 5.75 Å². The highest BCUT2D eigenvalue weighted by molar-refractivity contribution is 5.97. The van der Waals surface area contributed by atoms with Gasteiger partial charge >= 0.3 is 11.9 Å². The van der Waals surface area contributed by atoms with Crippen LogP contribution in [0.25, 0.3) is 6.08 Å². The maximum Gasteiger partial charge on any atom is 0.337 e. The lowest BCUT2D eigenvalue weighted by molar-refractivity contribution is -0.142. The Labute approximate surface area is 162 Å². The molecule has 2 aromatic carbocycles. The number of carbonyl (C=O) groups is 3. The Morgan fingerprint density at radius 1 is 1.07 bits per heavy atom. The van der Waals surface area contributed by atoms with Gasteiger partial charge in [-0.2, -0.15) is 0 Å². The summed E-state index contributed by atoms with van der Waals surface area (Å²) in [4.78, 5) is 35.5. The third kappa shape index (κ3) is 5.70. The van der Waals surface area contributed by atoms with E-state index < -0.39 is 24.5 Å². The number of aryl methyl sites for hydroxylation is 1. The topological polar surface area (TPSA) is 90.9 Å². The van der Waals surface area contributed by atoms with E-state index in [4.69, 9.17) is 9.47 Å². The second kappa shape index (κ2) is 9.91. The van der Waals surface area contributed by atoms with Crippen LogP contribution < -0.4 is 10.1 Å². The van der Waals surface area contributed by atoms with Crippen molar-refractivity contribution in [3.05, 3.63) is 65.2 Å². The first-order chi connectivity index (χ1) is 13.4. The van der Waals surface area contributed by atoms with E-state index in [2.05, 4.69) is 10.1 Å². The summed E-state index contributed by atoms with van der Waals surface area (Å²) in [7, 11) is 2.81. The second-order valence-electron chi connectivity index (χ2n) is 5.75. The molecule has 0 radical (unpaired) electrons. The Morgan fingerprint density at radius 2 is 1.82 bits per heavy atom. The molecule has 0 fully saturated rings. The van der Waals surface area contributed by atoms with Gasteiger partial charge in [0.05, 0.1) is 19.8 Å². The summed E-state index contributed by atoms with van der Waals surface area (Å²) in [6.07, 6.45) is 2.76. The number of nitrogens with one attached hydrogen (secondary N) is 1. The molecule has 1 N–H and O–H groups in total. The zero-order valence-corrected chi connectivity index (χ0v) is 15.9. The first-order valence-corrected chi connectivity index (χ1v) is 8.41. The highest BCUT2D eigenvalue weighted by atomic mass is 16.5. The number of esters is 2. The number of carbonyl (C=O) groups excluding carboxylic acids is 3. The number of methoxy groups -OCH3 is 2. The molecule has 2 rings (SSSR count).